The highest BCUT2D eigenvalue weighted by Gasteiger charge is 2.07. The van der Waals surface area contributed by atoms with Crippen LogP contribution in [0.2, 0.25) is 5.02 Å². The van der Waals surface area contributed by atoms with Crippen LogP contribution in [0.4, 0.5) is 5.13 Å². The number of amides is 1. The molecule has 0 unspecified atom stereocenters. The predicted molar refractivity (Wildman–Crippen MR) is 85.5 cm³/mol. The summed E-state index contributed by atoms with van der Waals surface area (Å²) in [5.41, 5.74) is 1.15. The quantitative estimate of drug-likeness (QED) is 0.880. The van der Waals surface area contributed by atoms with Crippen molar-refractivity contribution in [3.63, 3.8) is 0 Å². The number of hydrogen-bond acceptors (Lipinski definition) is 5. The van der Waals surface area contributed by atoms with Crippen molar-refractivity contribution in [2.75, 3.05) is 11.1 Å². The number of nitrogens with one attached hydrogen (secondary N) is 1. The molecule has 0 saturated heterocycles. The molecule has 0 aliphatic heterocycles. The third-order valence-electron chi connectivity index (χ3n) is 2.43. The molecule has 2 aromatic rings. The number of nitrogens with zero attached hydrogens (tertiary/aromatic N) is 2. The number of benzene rings is 1. The number of anilines is 1. The van der Waals surface area contributed by atoms with E-state index < -0.39 is 0 Å². The summed E-state index contributed by atoms with van der Waals surface area (Å²) in [6.45, 7) is 2.01. The van der Waals surface area contributed by atoms with Gasteiger partial charge in [0.2, 0.25) is 11.0 Å². The SMILES string of the molecule is CCc1nnc(NC(=O)CSCc2ccc(Cl)cc2)s1. The van der Waals surface area contributed by atoms with Gasteiger partial charge in [-0.15, -0.1) is 22.0 Å². The van der Waals surface area contributed by atoms with Crippen LogP contribution >= 0.6 is 34.7 Å². The van der Waals surface area contributed by atoms with Crippen LogP contribution in [0.5, 0.6) is 0 Å². The first kappa shape index (κ1) is 15.3. The van der Waals surface area contributed by atoms with Crippen LogP contribution in [0.3, 0.4) is 0 Å². The van der Waals surface area contributed by atoms with Crippen LogP contribution in [-0.4, -0.2) is 21.9 Å². The van der Waals surface area contributed by atoms with Crippen molar-refractivity contribution in [1.29, 1.82) is 0 Å². The molecule has 0 fully saturated rings. The molecule has 2 rings (SSSR count). The molecule has 106 valence electrons. The fraction of sp³-hybridized carbons (Fsp3) is 0.308. The van der Waals surface area contributed by atoms with E-state index in [1.807, 2.05) is 31.2 Å². The highest BCUT2D eigenvalue weighted by molar-refractivity contribution is 7.99. The molecule has 0 bridgehead atoms. The van der Waals surface area contributed by atoms with Gasteiger partial charge in [0.05, 0.1) is 5.75 Å². The molecule has 7 heteroatoms. The predicted octanol–water partition coefficient (Wildman–Crippen LogP) is 3.63. The fourth-order valence-electron chi connectivity index (χ4n) is 1.44. The largest absolute Gasteiger partial charge is 0.300 e. The van der Waals surface area contributed by atoms with Gasteiger partial charge in [-0.3, -0.25) is 10.1 Å². The first-order chi connectivity index (χ1) is 9.67. The number of carbonyl (C=O) groups excluding carboxylic acids is 1. The van der Waals surface area contributed by atoms with Crippen molar-refractivity contribution in [2.24, 2.45) is 0 Å². The normalized spacial score (nSPS) is 10.5. The zero-order chi connectivity index (χ0) is 14.4. The van der Waals surface area contributed by atoms with Gasteiger partial charge < -0.3 is 0 Å². The van der Waals surface area contributed by atoms with E-state index in [9.17, 15) is 4.79 Å². The standard InChI is InChI=1S/C13H14ClN3OS2/c1-2-12-16-17-13(20-12)15-11(18)8-19-7-9-3-5-10(14)6-4-9/h3-6H,2,7-8H2,1H3,(H,15,17,18). The lowest BCUT2D eigenvalue weighted by molar-refractivity contribution is -0.113. The maximum atomic E-state index is 11.7. The first-order valence-corrected chi connectivity index (χ1v) is 8.46. The molecule has 1 aromatic heterocycles. The summed E-state index contributed by atoms with van der Waals surface area (Å²) >= 11 is 8.79. The van der Waals surface area contributed by atoms with Crippen LogP contribution in [0.15, 0.2) is 24.3 Å². The molecular formula is C13H14ClN3OS2. The zero-order valence-electron chi connectivity index (χ0n) is 10.9. The molecule has 1 aromatic carbocycles. The van der Waals surface area contributed by atoms with E-state index in [0.29, 0.717) is 10.9 Å². The first-order valence-electron chi connectivity index (χ1n) is 6.12. The maximum absolute atomic E-state index is 11.7. The molecule has 0 atom stereocenters. The molecule has 1 heterocycles. The van der Waals surface area contributed by atoms with E-state index in [-0.39, 0.29) is 5.91 Å². The molecule has 0 aliphatic carbocycles. The second-order valence-corrected chi connectivity index (χ2v) is 6.51. The van der Waals surface area contributed by atoms with Crippen LogP contribution in [0, 0.1) is 0 Å². The number of aromatic nitrogens is 2. The van der Waals surface area contributed by atoms with E-state index in [0.717, 1.165) is 27.8 Å². The van der Waals surface area contributed by atoms with Gasteiger partial charge in [0, 0.05) is 10.8 Å². The highest BCUT2D eigenvalue weighted by atomic mass is 35.5. The van der Waals surface area contributed by atoms with Crippen LogP contribution in [0.1, 0.15) is 17.5 Å². The number of hydrogen-bond donors (Lipinski definition) is 1. The number of halogens is 1. The zero-order valence-corrected chi connectivity index (χ0v) is 13.3. The minimum atomic E-state index is -0.0530. The van der Waals surface area contributed by atoms with Gasteiger partial charge in [0.1, 0.15) is 5.01 Å². The van der Waals surface area contributed by atoms with E-state index in [1.165, 1.54) is 11.3 Å². The van der Waals surface area contributed by atoms with Gasteiger partial charge in [-0.25, -0.2) is 0 Å². The van der Waals surface area contributed by atoms with Crippen LogP contribution in [0.25, 0.3) is 0 Å². The van der Waals surface area contributed by atoms with Gasteiger partial charge in [-0.1, -0.05) is 42.0 Å². The molecule has 0 radical (unpaired) electrons. The average molecular weight is 328 g/mol. The van der Waals surface area contributed by atoms with Crippen molar-refractivity contribution < 1.29 is 4.79 Å². The van der Waals surface area contributed by atoms with E-state index >= 15 is 0 Å². The second-order valence-electron chi connectivity index (χ2n) is 4.02. The number of carbonyl (C=O) groups is 1. The molecule has 20 heavy (non-hydrogen) atoms. The Morgan fingerprint density at radius 2 is 2.10 bits per heavy atom. The Morgan fingerprint density at radius 3 is 2.75 bits per heavy atom. The molecule has 0 aliphatic rings. The summed E-state index contributed by atoms with van der Waals surface area (Å²) in [4.78, 5) is 11.7. The summed E-state index contributed by atoms with van der Waals surface area (Å²) in [5.74, 6) is 1.12. The smallest absolute Gasteiger partial charge is 0.236 e. The van der Waals surface area contributed by atoms with E-state index in [1.54, 1.807) is 11.8 Å². The van der Waals surface area contributed by atoms with Gasteiger partial charge in [0.25, 0.3) is 0 Å². The topological polar surface area (TPSA) is 54.9 Å². The summed E-state index contributed by atoms with van der Waals surface area (Å²) in [5, 5.41) is 12.8. The van der Waals surface area contributed by atoms with Crippen molar-refractivity contribution >= 4 is 45.7 Å². The minimum absolute atomic E-state index is 0.0530. The Bertz CT molecular complexity index is 571. The van der Waals surface area contributed by atoms with Crippen LogP contribution in [-0.2, 0) is 17.0 Å². The Labute approximate surface area is 130 Å². The fourth-order valence-corrected chi connectivity index (χ4v) is 3.05. The number of thioether (sulfide) groups is 1. The highest BCUT2D eigenvalue weighted by Crippen LogP contribution is 2.18. The van der Waals surface area contributed by atoms with Crippen molar-refractivity contribution in [3.05, 3.63) is 39.9 Å². The van der Waals surface area contributed by atoms with Crippen molar-refractivity contribution in [2.45, 2.75) is 19.1 Å². The third-order valence-corrected chi connectivity index (χ3v) is 4.67. The van der Waals surface area contributed by atoms with E-state index in [4.69, 9.17) is 11.6 Å². The van der Waals surface area contributed by atoms with Crippen molar-refractivity contribution in [1.82, 2.24) is 10.2 Å². The van der Waals surface area contributed by atoms with Gasteiger partial charge >= 0.3 is 0 Å². The van der Waals surface area contributed by atoms with E-state index in [2.05, 4.69) is 15.5 Å². The Hall–Kier alpha value is -1.11. The van der Waals surface area contributed by atoms with Gasteiger partial charge in [0.15, 0.2) is 0 Å². The molecule has 0 saturated carbocycles. The average Bonchev–Trinajstić information content (AvgIpc) is 2.88. The lowest BCUT2D eigenvalue weighted by Crippen LogP contribution is -2.13. The molecule has 1 N–H and O–H groups in total. The van der Waals surface area contributed by atoms with Crippen molar-refractivity contribution in [3.8, 4) is 0 Å². The molecule has 4 nitrogen and oxygen atoms in total. The number of aryl methyl sites for hydroxylation is 1. The lowest BCUT2D eigenvalue weighted by Gasteiger charge is -2.02. The van der Waals surface area contributed by atoms with Gasteiger partial charge in [-0.2, -0.15) is 0 Å². The Morgan fingerprint density at radius 1 is 1.35 bits per heavy atom. The maximum Gasteiger partial charge on any atom is 0.236 e. The third kappa shape index (κ3) is 4.77. The molecule has 1 amide bonds. The summed E-state index contributed by atoms with van der Waals surface area (Å²) < 4.78 is 0. The van der Waals surface area contributed by atoms with Crippen LogP contribution < -0.4 is 5.32 Å². The molecule has 0 spiro atoms. The second kappa shape index (κ2) is 7.61. The summed E-state index contributed by atoms with van der Waals surface area (Å²) in [6, 6.07) is 7.63. The lowest BCUT2D eigenvalue weighted by atomic mass is 10.2. The van der Waals surface area contributed by atoms with Gasteiger partial charge in [-0.05, 0) is 24.1 Å². The summed E-state index contributed by atoms with van der Waals surface area (Å²) in [7, 11) is 0. The minimum Gasteiger partial charge on any atom is -0.300 e. The summed E-state index contributed by atoms with van der Waals surface area (Å²) in [6.07, 6.45) is 0.832. The molecular weight excluding hydrogens is 314 g/mol. The monoisotopic (exact) mass is 327 g/mol. The Balaban J connectivity index is 1.73. The Kier molecular flexibility index (Phi) is 5.82. The number of rotatable bonds is 6.